The van der Waals surface area contributed by atoms with Gasteiger partial charge < -0.3 is 19.7 Å². The molecule has 220 valence electrons. The van der Waals surface area contributed by atoms with E-state index in [0.717, 1.165) is 14.8 Å². The number of carbonyl (C=O) groups is 2. The number of hydrogen-bond acceptors (Lipinski definition) is 7. The lowest BCUT2D eigenvalue weighted by molar-refractivity contribution is -0.140. The number of benzene rings is 3. The molecule has 0 aliphatic carbocycles. The Labute approximate surface area is 246 Å². The van der Waals surface area contributed by atoms with Gasteiger partial charge in [-0.25, -0.2) is 8.42 Å². The summed E-state index contributed by atoms with van der Waals surface area (Å²) < 4.78 is 39.9. The molecule has 1 N–H and O–H groups in total. The number of thioether (sulfide) groups is 1. The molecule has 0 fully saturated rings. The number of likely N-dealkylation sites (N-methyl/N-ethyl adjacent to an activating group) is 1. The van der Waals surface area contributed by atoms with E-state index in [4.69, 9.17) is 9.47 Å². The third kappa shape index (κ3) is 7.95. The van der Waals surface area contributed by atoms with E-state index >= 15 is 0 Å². The third-order valence-corrected chi connectivity index (χ3v) is 9.01. The van der Waals surface area contributed by atoms with E-state index in [0.29, 0.717) is 30.2 Å². The van der Waals surface area contributed by atoms with Crippen LogP contribution in [0.2, 0.25) is 0 Å². The lowest BCUT2D eigenvalue weighted by Gasteiger charge is -2.33. The first-order valence-corrected chi connectivity index (χ1v) is 15.9. The average Bonchev–Trinajstić information content (AvgIpc) is 3.00. The lowest BCUT2D eigenvalue weighted by Crippen LogP contribution is -2.51. The molecular formula is C30H37N3O6S2. The van der Waals surface area contributed by atoms with E-state index < -0.39 is 28.5 Å². The number of hydrogen-bond donors (Lipinski definition) is 1. The van der Waals surface area contributed by atoms with Crippen molar-refractivity contribution in [3.05, 3.63) is 78.4 Å². The van der Waals surface area contributed by atoms with Crippen LogP contribution < -0.4 is 19.1 Å². The fourth-order valence-corrected chi connectivity index (χ4v) is 6.15. The van der Waals surface area contributed by atoms with Gasteiger partial charge in [0, 0.05) is 18.5 Å². The number of rotatable bonds is 14. The van der Waals surface area contributed by atoms with Crippen molar-refractivity contribution in [3.8, 4) is 11.5 Å². The summed E-state index contributed by atoms with van der Waals surface area (Å²) >= 11 is 1.50. The highest BCUT2D eigenvalue weighted by atomic mass is 32.2. The van der Waals surface area contributed by atoms with Gasteiger partial charge in [-0.1, -0.05) is 19.1 Å². The van der Waals surface area contributed by atoms with Crippen molar-refractivity contribution < 1.29 is 27.5 Å². The minimum Gasteiger partial charge on any atom is -0.497 e. The van der Waals surface area contributed by atoms with Gasteiger partial charge in [0.2, 0.25) is 11.8 Å². The molecule has 3 aromatic rings. The number of nitrogens with zero attached hydrogens (tertiary/aromatic N) is 2. The molecule has 0 aliphatic rings. The molecule has 3 rings (SSSR count). The largest absolute Gasteiger partial charge is 0.497 e. The number of nitrogens with one attached hydrogen (secondary N) is 1. The van der Waals surface area contributed by atoms with Crippen LogP contribution in [0.5, 0.6) is 11.5 Å². The highest BCUT2D eigenvalue weighted by Crippen LogP contribution is 2.28. The first kappa shape index (κ1) is 31.8. The minimum absolute atomic E-state index is 0.0506. The van der Waals surface area contributed by atoms with E-state index in [-0.39, 0.29) is 17.3 Å². The van der Waals surface area contributed by atoms with Gasteiger partial charge in [0.05, 0.1) is 24.3 Å². The molecule has 3 aromatic carbocycles. The molecular weight excluding hydrogens is 562 g/mol. The van der Waals surface area contributed by atoms with Crippen LogP contribution in [0, 0.1) is 0 Å². The van der Waals surface area contributed by atoms with Gasteiger partial charge in [0.15, 0.2) is 0 Å². The Morgan fingerprint density at radius 1 is 0.976 bits per heavy atom. The predicted octanol–water partition coefficient (Wildman–Crippen LogP) is 4.56. The van der Waals surface area contributed by atoms with Crippen molar-refractivity contribution in [3.63, 3.8) is 0 Å². The van der Waals surface area contributed by atoms with Crippen LogP contribution in [0.1, 0.15) is 25.8 Å². The van der Waals surface area contributed by atoms with Crippen molar-refractivity contribution in [1.29, 1.82) is 0 Å². The number of amides is 2. The Morgan fingerprint density at radius 2 is 1.66 bits per heavy atom. The van der Waals surface area contributed by atoms with Crippen molar-refractivity contribution >= 4 is 39.3 Å². The second kappa shape index (κ2) is 14.8. The normalized spacial score (nSPS) is 11.8. The molecule has 2 amide bonds. The van der Waals surface area contributed by atoms with Crippen molar-refractivity contribution in [2.24, 2.45) is 0 Å². The van der Waals surface area contributed by atoms with Crippen LogP contribution >= 0.6 is 11.8 Å². The molecule has 0 heterocycles. The topological polar surface area (TPSA) is 105 Å². The molecule has 41 heavy (non-hydrogen) atoms. The van der Waals surface area contributed by atoms with E-state index in [1.807, 2.05) is 19.2 Å². The van der Waals surface area contributed by atoms with Crippen LogP contribution in [0.3, 0.4) is 0 Å². The highest BCUT2D eigenvalue weighted by Gasteiger charge is 2.33. The number of carbonyl (C=O) groups excluding carboxylic acids is 2. The van der Waals surface area contributed by atoms with Crippen LogP contribution in [0.15, 0.2) is 82.6 Å². The lowest BCUT2D eigenvalue weighted by atomic mass is 10.1. The molecule has 1 atom stereocenters. The highest BCUT2D eigenvalue weighted by molar-refractivity contribution is 7.98. The molecule has 0 saturated carbocycles. The van der Waals surface area contributed by atoms with Gasteiger partial charge in [-0.3, -0.25) is 13.9 Å². The van der Waals surface area contributed by atoms with Crippen LogP contribution in [-0.4, -0.2) is 64.7 Å². The second-order valence-electron chi connectivity index (χ2n) is 9.03. The summed E-state index contributed by atoms with van der Waals surface area (Å²) in [7, 11) is -1.10. The molecule has 9 nitrogen and oxygen atoms in total. The quantitative estimate of drug-likeness (QED) is 0.271. The fraction of sp³-hybridized carbons (Fsp3) is 0.333. The van der Waals surface area contributed by atoms with Crippen molar-refractivity contribution in [2.45, 2.75) is 42.6 Å². The van der Waals surface area contributed by atoms with Gasteiger partial charge in [0.25, 0.3) is 10.0 Å². The fourth-order valence-electron chi connectivity index (χ4n) is 4.33. The predicted molar refractivity (Wildman–Crippen MR) is 162 cm³/mol. The third-order valence-electron chi connectivity index (χ3n) is 6.48. The number of anilines is 1. The van der Waals surface area contributed by atoms with E-state index in [2.05, 4.69) is 5.32 Å². The summed E-state index contributed by atoms with van der Waals surface area (Å²) in [5.74, 6) is 0.318. The smallest absolute Gasteiger partial charge is 0.264 e. The van der Waals surface area contributed by atoms with Crippen molar-refractivity contribution in [1.82, 2.24) is 10.2 Å². The standard InChI is InChI=1S/C30H37N3O6S2/c1-6-28(30(35)31-3)32(20-22-9-8-10-25(19-22)38-4)29(34)21-33(23-11-13-24(14-12-23)39-7-2)41(36,37)27-17-15-26(40-5)16-18-27/h8-19,28H,6-7,20-21H2,1-5H3,(H,31,35). The Balaban J connectivity index is 2.06. The van der Waals surface area contributed by atoms with Gasteiger partial charge in [-0.2, -0.15) is 0 Å². The Kier molecular flexibility index (Phi) is 11.5. The second-order valence-corrected chi connectivity index (χ2v) is 11.8. The van der Waals surface area contributed by atoms with Gasteiger partial charge in [-0.15, -0.1) is 11.8 Å². The number of methoxy groups -OCH3 is 1. The minimum atomic E-state index is -4.16. The Hall–Kier alpha value is -3.70. The van der Waals surface area contributed by atoms with Gasteiger partial charge >= 0.3 is 0 Å². The maximum Gasteiger partial charge on any atom is 0.264 e. The summed E-state index contributed by atoms with van der Waals surface area (Å²) in [4.78, 5) is 29.3. The molecule has 0 spiro atoms. The zero-order valence-corrected chi connectivity index (χ0v) is 25.6. The summed E-state index contributed by atoms with van der Waals surface area (Å²) in [6.45, 7) is 3.69. The Bertz CT molecular complexity index is 1410. The summed E-state index contributed by atoms with van der Waals surface area (Å²) in [6, 6.07) is 19.4. The zero-order valence-electron chi connectivity index (χ0n) is 24.0. The van der Waals surface area contributed by atoms with Crippen LogP contribution in [0.25, 0.3) is 0 Å². The molecule has 1 unspecified atom stereocenters. The molecule has 0 radical (unpaired) electrons. The number of sulfonamides is 1. The zero-order chi connectivity index (χ0) is 30.0. The van der Waals surface area contributed by atoms with Crippen LogP contribution in [-0.2, 0) is 26.2 Å². The van der Waals surface area contributed by atoms with E-state index in [1.165, 1.54) is 35.8 Å². The summed E-state index contributed by atoms with van der Waals surface area (Å²) in [6.07, 6.45) is 2.24. The van der Waals surface area contributed by atoms with Gasteiger partial charge in [0.1, 0.15) is 24.1 Å². The molecule has 0 aromatic heterocycles. The first-order valence-electron chi connectivity index (χ1n) is 13.2. The Morgan fingerprint density at radius 3 is 2.22 bits per heavy atom. The monoisotopic (exact) mass is 599 g/mol. The molecule has 11 heteroatoms. The van der Waals surface area contributed by atoms with E-state index in [9.17, 15) is 18.0 Å². The molecule has 0 aliphatic heterocycles. The van der Waals surface area contributed by atoms with Crippen molar-refractivity contribution in [2.75, 3.05) is 37.9 Å². The average molecular weight is 600 g/mol. The SMILES string of the molecule is CCOc1ccc(N(CC(=O)N(Cc2cccc(OC)c2)C(CC)C(=O)NC)S(=O)(=O)c2ccc(SC)cc2)cc1. The summed E-state index contributed by atoms with van der Waals surface area (Å²) in [5.41, 5.74) is 1.04. The molecule has 0 bridgehead atoms. The number of ether oxygens (including phenoxy) is 2. The van der Waals surface area contributed by atoms with E-state index in [1.54, 1.807) is 68.6 Å². The molecule has 0 saturated heterocycles. The maximum atomic E-state index is 14.0. The maximum absolute atomic E-state index is 14.0. The van der Waals surface area contributed by atoms with Crippen LogP contribution in [0.4, 0.5) is 5.69 Å². The summed E-state index contributed by atoms with van der Waals surface area (Å²) in [5, 5.41) is 2.62. The van der Waals surface area contributed by atoms with Gasteiger partial charge in [-0.05, 0) is 85.8 Å². The first-order chi connectivity index (χ1) is 19.7.